The summed E-state index contributed by atoms with van der Waals surface area (Å²) in [6.45, 7) is 6.54. The lowest BCUT2D eigenvalue weighted by atomic mass is 9.90. The van der Waals surface area contributed by atoms with Crippen LogP contribution in [0.1, 0.15) is 46.3 Å². The van der Waals surface area contributed by atoms with E-state index in [0.717, 1.165) is 23.1 Å². The van der Waals surface area contributed by atoms with Gasteiger partial charge in [0.1, 0.15) is 0 Å². The lowest BCUT2D eigenvalue weighted by molar-refractivity contribution is 0.0696. The van der Waals surface area contributed by atoms with Crippen LogP contribution in [-0.4, -0.2) is 17.6 Å². The minimum atomic E-state index is -0.862. The topological polar surface area (TPSA) is 63.3 Å². The Hall–Kier alpha value is -1.35. The molecule has 0 aliphatic heterocycles. The predicted octanol–water partition coefficient (Wildman–Crippen LogP) is 2.45. The number of rotatable bonds is 4. The van der Waals surface area contributed by atoms with Crippen molar-refractivity contribution in [2.24, 2.45) is 5.73 Å². The van der Waals surface area contributed by atoms with E-state index >= 15 is 0 Å². The molecule has 3 N–H and O–H groups in total. The van der Waals surface area contributed by atoms with Crippen LogP contribution in [0.3, 0.4) is 0 Å². The summed E-state index contributed by atoms with van der Waals surface area (Å²) >= 11 is 0. The van der Waals surface area contributed by atoms with E-state index in [4.69, 9.17) is 10.8 Å². The highest BCUT2D eigenvalue weighted by Gasteiger charge is 2.14. The Bertz CT molecular complexity index is 399. The molecular weight excluding hydrogens is 202 g/mol. The van der Waals surface area contributed by atoms with E-state index in [-0.39, 0.29) is 0 Å². The molecule has 0 heterocycles. The molecule has 1 unspecified atom stereocenters. The molecule has 0 amide bonds. The first-order valence-corrected chi connectivity index (χ1v) is 5.51. The lowest BCUT2D eigenvalue weighted by Gasteiger charge is -2.16. The second kappa shape index (κ2) is 5.12. The average Bonchev–Trinajstić information content (AvgIpc) is 2.17. The van der Waals surface area contributed by atoms with Crippen LogP contribution in [0.4, 0.5) is 0 Å². The summed E-state index contributed by atoms with van der Waals surface area (Å²) in [5.74, 6) is -0.553. The zero-order chi connectivity index (χ0) is 12.3. The van der Waals surface area contributed by atoms with Gasteiger partial charge in [-0.1, -0.05) is 13.0 Å². The van der Waals surface area contributed by atoms with Crippen molar-refractivity contribution >= 4 is 5.97 Å². The maximum Gasteiger partial charge on any atom is 0.335 e. The van der Waals surface area contributed by atoms with Crippen LogP contribution in [0.25, 0.3) is 0 Å². The number of nitrogens with two attached hydrogens (primary N) is 1. The Kier molecular flexibility index (Phi) is 4.07. The number of hydrogen-bond acceptors (Lipinski definition) is 2. The summed E-state index contributed by atoms with van der Waals surface area (Å²) in [4.78, 5) is 11.0. The Labute approximate surface area is 96.3 Å². The highest BCUT2D eigenvalue weighted by molar-refractivity contribution is 5.89. The van der Waals surface area contributed by atoms with E-state index < -0.39 is 5.97 Å². The first-order valence-electron chi connectivity index (χ1n) is 5.51. The van der Waals surface area contributed by atoms with E-state index in [1.165, 1.54) is 0 Å². The lowest BCUT2D eigenvalue weighted by Crippen LogP contribution is -2.08. The Morgan fingerprint density at radius 2 is 2.00 bits per heavy atom. The van der Waals surface area contributed by atoms with Crippen LogP contribution in [-0.2, 0) is 0 Å². The molecule has 0 aliphatic carbocycles. The normalized spacial score (nSPS) is 12.5. The van der Waals surface area contributed by atoms with Crippen molar-refractivity contribution in [3.8, 4) is 0 Å². The molecule has 3 nitrogen and oxygen atoms in total. The number of aryl methyl sites for hydroxylation is 2. The molecule has 1 aromatic rings. The van der Waals surface area contributed by atoms with E-state index in [9.17, 15) is 4.79 Å². The fourth-order valence-electron chi connectivity index (χ4n) is 2.04. The Morgan fingerprint density at radius 1 is 1.38 bits per heavy atom. The zero-order valence-electron chi connectivity index (χ0n) is 10.1. The summed E-state index contributed by atoms with van der Waals surface area (Å²) in [5.41, 5.74) is 8.97. The van der Waals surface area contributed by atoms with Gasteiger partial charge in [0.15, 0.2) is 0 Å². The van der Waals surface area contributed by atoms with Gasteiger partial charge in [0, 0.05) is 0 Å². The minimum absolute atomic E-state index is 0.309. The summed E-state index contributed by atoms with van der Waals surface area (Å²) in [7, 11) is 0. The third-order valence-corrected chi connectivity index (χ3v) is 2.97. The van der Waals surface area contributed by atoms with Gasteiger partial charge in [-0.15, -0.1) is 0 Å². The molecule has 0 fully saturated rings. The summed E-state index contributed by atoms with van der Waals surface area (Å²) < 4.78 is 0. The molecule has 0 spiro atoms. The molecular formula is C13H19NO2. The minimum Gasteiger partial charge on any atom is -0.478 e. The first kappa shape index (κ1) is 12.7. The molecule has 0 aromatic heterocycles. The molecule has 0 radical (unpaired) electrons. The Balaban J connectivity index is 3.19. The molecule has 0 saturated carbocycles. The summed E-state index contributed by atoms with van der Waals surface area (Å²) in [6.07, 6.45) is 0.878. The van der Waals surface area contributed by atoms with Crippen LogP contribution >= 0.6 is 0 Å². The number of hydrogen-bond donors (Lipinski definition) is 2. The molecule has 0 bridgehead atoms. The van der Waals surface area contributed by atoms with Gasteiger partial charge >= 0.3 is 5.97 Å². The van der Waals surface area contributed by atoms with Crippen LogP contribution in [0.15, 0.2) is 12.1 Å². The molecule has 0 saturated heterocycles. The van der Waals surface area contributed by atoms with Crippen LogP contribution in [0, 0.1) is 13.8 Å². The van der Waals surface area contributed by atoms with Gasteiger partial charge in [-0.2, -0.15) is 0 Å². The van der Waals surface area contributed by atoms with Gasteiger partial charge in [-0.05, 0) is 55.5 Å². The molecule has 16 heavy (non-hydrogen) atoms. The molecule has 1 aromatic carbocycles. The molecule has 88 valence electrons. The van der Waals surface area contributed by atoms with E-state index in [1.807, 2.05) is 19.9 Å². The highest BCUT2D eigenvalue weighted by Crippen LogP contribution is 2.25. The standard InChI is InChI=1S/C13H19NO2/c1-8(4-5-14)11-7-12(13(15)16)10(3)6-9(11)2/h6-8H,4-5,14H2,1-3H3,(H,15,16). The zero-order valence-corrected chi connectivity index (χ0v) is 10.1. The van der Waals surface area contributed by atoms with Crippen LogP contribution in [0.5, 0.6) is 0 Å². The molecule has 0 aliphatic rings. The predicted molar refractivity (Wildman–Crippen MR) is 65.0 cm³/mol. The average molecular weight is 221 g/mol. The van der Waals surface area contributed by atoms with Crippen molar-refractivity contribution in [2.45, 2.75) is 33.1 Å². The van der Waals surface area contributed by atoms with Crippen molar-refractivity contribution in [1.82, 2.24) is 0 Å². The van der Waals surface area contributed by atoms with Gasteiger partial charge in [0.2, 0.25) is 0 Å². The van der Waals surface area contributed by atoms with E-state index in [0.29, 0.717) is 18.0 Å². The van der Waals surface area contributed by atoms with Gasteiger partial charge in [0.25, 0.3) is 0 Å². The third kappa shape index (κ3) is 2.61. The summed E-state index contributed by atoms with van der Waals surface area (Å²) in [6, 6.07) is 3.72. The molecule has 1 atom stereocenters. The number of carboxylic acids is 1. The number of carboxylic acid groups (broad SMARTS) is 1. The fraction of sp³-hybridized carbons (Fsp3) is 0.462. The second-order valence-electron chi connectivity index (χ2n) is 4.31. The maximum absolute atomic E-state index is 11.0. The monoisotopic (exact) mass is 221 g/mol. The second-order valence-corrected chi connectivity index (χ2v) is 4.31. The number of carbonyl (C=O) groups is 1. The van der Waals surface area contributed by atoms with Gasteiger partial charge in [-0.3, -0.25) is 0 Å². The third-order valence-electron chi connectivity index (χ3n) is 2.97. The van der Waals surface area contributed by atoms with Gasteiger partial charge < -0.3 is 10.8 Å². The maximum atomic E-state index is 11.0. The first-order chi connectivity index (χ1) is 7.47. The van der Waals surface area contributed by atoms with Gasteiger partial charge in [0.05, 0.1) is 5.56 Å². The van der Waals surface area contributed by atoms with E-state index in [1.54, 1.807) is 6.07 Å². The van der Waals surface area contributed by atoms with Crippen molar-refractivity contribution in [3.05, 3.63) is 34.4 Å². The van der Waals surface area contributed by atoms with Crippen molar-refractivity contribution in [2.75, 3.05) is 6.54 Å². The Morgan fingerprint density at radius 3 is 2.50 bits per heavy atom. The highest BCUT2D eigenvalue weighted by atomic mass is 16.4. The van der Waals surface area contributed by atoms with Crippen molar-refractivity contribution < 1.29 is 9.90 Å². The molecule has 1 rings (SSSR count). The van der Waals surface area contributed by atoms with E-state index in [2.05, 4.69) is 6.92 Å². The van der Waals surface area contributed by atoms with Crippen molar-refractivity contribution in [3.63, 3.8) is 0 Å². The summed E-state index contributed by atoms with van der Waals surface area (Å²) in [5, 5.41) is 9.07. The molecule has 3 heteroatoms. The number of aromatic carboxylic acids is 1. The van der Waals surface area contributed by atoms with Crippen LogP contribution < -0.4 is 5.73 Å². The SMILES string of the molecule is Cc1cc(C)c(C(C)CCN)cc1C(=O)O. The largest absolute Gasteiger partial charge is 0.478 e. The van der Waals surface area contributed by atoms with Gasteiger partial charge in [-0.25, -0.2) is 4.79 Å². The number of benzene rings is 1. The van der Waals surface area contributed by atoms with Crippen molar-refractivity contribution in [1.29, 1.82) is 0 Å². The quantitative estimate of drug-likeness (QED) is 0.820. The fourth-order valence-corrected chi connectivity index (χ4v) is 2.04. The van der Waals surface area contributed by atoms with Crippen LogP contribution in [0.2, 0.25) is 0 Å². The smallest absolute Gasteiger partial charge is 0.335 e.